The quantitative estimate of drug-likeness (QED) is 0.164. The van der Waals surface area contributed by atoms with Crippen LogP contribution in [-0.4, -0.2) is 6.85 Å². The van der Waals surface area contributed by atoms with Gasteiger partial charge in [0.2, 0.25) is 0 Å². The maximum absolute atomic E-state index is 7.42. The predicted molar refractivity (Wildman–Crippen MR) is 353 cm³/mol. The fraction of sp³-hybridized carbons (Fsp3) is 0.291. The molecule has 83 heavy (non-hydrogen) atoms. The van der Waals surface area contributed by atoms with Gasteiger partial charge in [-0.05, 0) is 190 Å². The third-order valence-electron chi connectivity index (χ3n) is 20.7. The van der Waals surface area contributed by atoms with Crippen molar-refractivity contribution in [2.75, 3.05) is 9.71 Å². The number of anilines is 5. The van der Waals surface area contributed by atoms with Gasteiger partial charge < -0.3 is 14.1 Å². The summed E-state index contributed by atoms with van der Waals surface area (Å²) in [4.78, 5) is 5.47. The third-order valence-corrected chi connectivity index (χ3v) is 20.7. The molecule has 15 rings (SSSR count). The Kier molecular flexibility index (Phi) is 10.8. The molecule has 3 heterocycles. The SMILES string of the molecule is Cc1cc(C(C)(C)C)ccc1N1c2cc3c(-c4ccccc4)c(-c4ccccc4)oc3cc2B2c3c(cc4c(c31)C(C)(C)c1ccccc1-4)-c1cc3c(cc1N2c1ccc(C(C)(C)C)cc1)C(C)(C)c1cc2c(cc1-3)C(C)(C)CCC2(C)C. The van der Waals surface area contributed by atoms with E-state index in [0.29, 0.717) is 0 Å². The molecule has 0 unspecified atom stereocenters. The maximum Gasteiger partial charge on any atom is 0.333 e. The molecule has 0 atom stereocenters. The third kappa shape index (κ3) is 7.36. The van der Waals surface area contributed by atoms with Crippen LogP contribution in [0.15, 0.2) is 174 Å². The van der Waals surface area contributed by atoms with E-state index in [1.807, 2.05) is 0 Å². The van der Waals surface area contributed by atoms with Crippen LogP contribution < -0.4 is 20.6 Å². The van der Waals surface area contributed by atoms with Crippen molar-refractivity contribution in [2.24, 2.45) is 0 Å². The fourth-order valence-electron chi connectivity index (χ4n) is 15.9. The van der Waals surface area contributed by atoms with Gasteiger partial charge in [0.1, 0.15) is 11.3 Å². The summed E-state index contributed by atoms with van der Waals surface area (Å²) in [6, 6.07) is 66.0. The zero-order valence-electron chi connectivity index (χ0n) is 51.5. The van der Waals surface area contributed by atoms with Gasteiger partial charge in [-0.1, -0.05) is 212 Å². The number of fused-ring (bicyclic) bond motifs is 13. The predicted octanol–water partition coefficient (Wildman–Crippen LogP) is 20.3. The van der Waals surface area contributed by atoms with Crippen LogP contribution in [0.5, 0.6) is 0 Å². The maximum atomic E-state index is 7.42. The molecule has 0 amide bonds. The monoisotopic (exact) mass is 1080 g/mol. The number of benzene rings is 9. The Morgan fingerprint density at radius 1 is 0.458 bits per heavy atom. The molecule has 0 saturated carbocycles. The van der Waals surface area contributed by atoms with Crippen molar-refractivity contribution in [3.05, 3.63) is 220 Å². The first-order valence-corrected chi connectivity index (χ1v) is 30.6. The Balaban J connectivity index is 1.12. The first kappa shape index (κ1) is 52.0. The second kappa shape index (κ2) is 17.2. The molecule has 0 saturated heterocycles. The van der Waals surface area contributed by atoms with Crippen LogP contribution in [0.2, 0.25) is 0 Å². The molecule has 2 aliphatic heterocycles. The number of aryl methyl sites for hydroxylation is 1. The zero-order valence-corrected chi connectivity index (χ0v) is 51.5. The van der Waals surface area contributed by atoms with Crippen LogP contribution in [-0.2, 0) is 32.5 Å². The standard InChI is InChI=1S/C79H77BN2O/c1-46-38-50(75(5,6)7)32-35-65(46)81-67-42-58-68(83-73(48-26-20-17-21-27-48)69(58)47-24-18-16-19-25-47)45-64(67)80-71-57(40-56-52-28-22-23-29-59(52)79(14,15)70(56)72(71)81)55-39-53-54-41-62-63(77(10,11)37-36-76(62,8)9)43-60(54)78(12,13)61(53)44-66(55)82(80)51-33-30-49(31-34-51)74(2,3)4/h16-35,38-45H,36-37H2,1-15H3. The normalized spacial score (nSPS) is 17.1. The van der Waals surface area contributed by atoms with Crippen molar-refractivity contribution in [3.8, 4) is 55.8 Å². The largest absolute Gasteiger partial charge is 0.455 e. The summed E-state index contributed by atoms with van der Waals surface area (Å²) in [6.07, 6.45) is 2.36. The summed E-state index contributed by atoms with van der Waals surface area (Å²) >= 11 is 0. The highest BCUT2D eigenvalue weighted by molar-refractivity contribution is 6.94. The molecule has 0 bridgehead atoms. The van der Waals surface area contributed by atoms with E-state index in [1.165, 1.54) is 136 Å². The molecule has 0 fully saturated rings. The molecule has 9 aromatic carbocycles. The van der Waals surface area contributed by atoms with Gasteiger partial charge in [0.25, 0.3) is 0 Å². The van der Waals surface area contributed by atoms with Crippen molar-refractivity contribution in [2.45, 2.75) is 149 Å². The molecular formula is C79H77BN2O. The van der Waals surface area contributed by atoms with Crippen LogP contribution in [0.1, 0.15) is 160 Å². The molecule has 3 nitrogen and oxygen atoms in total. The van der Waals surface area contributed by atoms with Crippen LogP contribution in [0, 0.1) is 6.92 Å². The average molecular weight is 1080 g/mol. The summed E-state index contributed by atoms with van der Waals surface area (Å²) in [6.45, 7) is 35.9. The van der Waals surface area contributed by atoms with Crippen molar-refractivity contribution in [1.29, 1.82) is 0 Å². The lowest BCUT2D eigenvalue weighted by Gasteiger charge is -2.48. The number of hydrogen-bond acceptors (Lipinski definition) is 3. The van der Waals surface area contributed by atoms with E-state index in [4.69, 9.17) is 4.42 Å². The molecule has 1 aromatic heterocycles. The van der Waals surface area contributed by atoms with Crippen LogP contribution >= 0.6 is 0 Å². The summed E-state index contributed by atoms with van der Waals surface area (Å²) in [5.41, 5.74) is 32.9. The molecule has 4 heteroatoms. The summed E-state index contributed by atoms with van der Waals surface area (Å²) in [7, 11) is 0. The first-order chi connectivity index (χ1) is 39.3. The van der Waals surface area contributed by atoms with Gasteiger partial charge in [-0.2, -0.15) is 0 Å². The molecule has 0 N–H and O–H groups in total. The van der Waals surface area contributed by atoms with Gasteiger partial charge in [0.05, 0.1) is 0 Å². The second-order valence-corrected chi connectivity index (χ2v) is 29.6. The van der Waals surface area contributed by atoms with E-state index in [-0.39, 0.29) is 39.3 Å². The van der Waals surface area contributed by atoms with Crippen LogP contribution in [0.25, 0.3) is 66.8 Å². The Hall–Kier alpha value is -7.82. The van der Waals surface area contributed by atoms with Crippen molar-refractivity contribution < 1.29 is 4.42 Å². The van der Waals surface area contributed by atoms with Gasteiger partial charge in [0.15, 0.2) is 0 Å². The number of furan rings is 1. The van der Waals surface area contributed by atoms with Crippen LogP contribution in [0.3, 0.4) is 0 Å². The molecule has 5 aliphatic rings. The summed E-state index contributed by atoms with van der Waals surface area (Å²) in [5.74, 6) is 0.886. The molecule has 3 aliphatic carbocycles. The van der Waals surface area contributed by atoms with E-state index < -0.39 is 0 Å². The first-order valence-electron chi connectivity index (χ1n) is 30.6. The molecule has 412 valence electrons. The molecule has 0 radical (unpaired) electrons. The second-order valence-electron chi connectivity index (χ2n) is 29.6. The summed E-state index contributed by atoms with van der Waals surface area (Å²) in [5, 5.41) is 1.10. The average Bonchev–Trinajstić information content (AvgIpc) is 1.88. The minimum Gasteiger partial charge on any atom is -0.455 e. The highest BCUT2D eigenvalue weighted by Crippen LogP contribution is 2.62. The van der Waals surface area contributed by atoms with E-state index >= 15 is 0 Å². The van der Waals surface area contributed by atoms with Crippen molar-refractivity contribution in [3.63, 3.8) is 0 Å². The Labute approximate surface area is 493 Å². The van der Waals surface area contributed by atoms with E-state index in [0.717, 1.165) is 33.4 Å². The van der Waals surface area contributed by atoms with Crippen molar-refractivity contribution in [1.82, 2.24) is 0 Å². The molecule has 0 spiro atoms. The minimum atomic E-state index is -0.342. The summed E-state index contributed by atoms with van der Waals surface area (Å²) < 4.78 is 7.42. The topological polar surface area (TPSA) is 19.6 Å². The lowest BCUT2D eigenvalue weighted by molar-refractivity contribution is 0.331. The van der Waals surface area contributed by atoms with E-state index in [1.54, 1.807) is 0 Å². The number of hydrogen-bond donors (Lipinski definition) is 0. The van der Waals surface area contributed by atoms with Gasteiger partial charge in [-0.3, -0.25) is 0 Å². The minimum absolute atomic E-state index is 0.0195. The van der Waals surface area contributed by atoms with Crippen molar-refractivity contribution >= 4 is 57.2 Å². The van der Waals surface area contributed by atoms with Gasteiger partial charge in [-0.25, -0.2) is 0 Å². The Bertz CT molecular complexity index is 4400. The fourth-order valence-corrected chi connectivity index (χ4v) is 15.9. The van der Waals surface area contributed by atoms with Gasteiger partial charge in [0, 0.05) is 61.3 Å². The van der Waals surface area contributed by atoms with Crippen LogP contribution in [0.4, 0.5) is 28.4 Å². The van der Waals surface area contributed by atoms with E-state index in [2.05, 4.69) is 283 Å². The van der Waals surface area contributed by atoms with Gasteiger partial charge in [-0.15, -0.1) is 0 Å². The number of nitrogens with zero attached hydrogens (tertiary/aromatic N) is 2. The molecular weight excluding hydrogens is 1000 g/mol. The smallest absolute Gasteiger partial charge is 0.333 e. The Morgan fingerprint density at radius 2 is 1.05 bits per heavy atom. The highest BCUT2D eigenvalue weighted by atomic mass is 16.3. The zero-order chi connectivity index (χ0) is 57.8. The highest BCUT2D eigenvalue weighted by Gasteiger charge is 2.52. The Morgan fingerprint density at radius 3 is 1.71 bits per heavy atom. The lowest BCUT2D eigenvalue weighted by atomic mass is 9.42. The van der Waals surface area contributed by atoms with E-state index in [9.17, 15) is 0 Å². The van der Waals surface area contributed by atoms with Gasteiger partial charge >= 0.3 is 6.85 Å². The molecule has 10 aromatic rings. The number of rotatable bonds is 4. The lowest BCUT2D eigenvalue weighted by Crippen LogP contribution is -2.62.